The number of nitrogens with zero attached hydrogens (tertiary/aromatic N) is 4. The lowest BCUT2D eigenvalue weighted by atomic mass is 9.99. The molecule has 26 heavy (non-hydrogen) atoms. The van der Waals surface area contributed by atoms with Crippen molar-refractivity contribution in [3.05, 3.63) is 42.4 Å². The summed E-state index contributed by atoms with van der Waals surface area (Å²) in [6, 6.07) is 5.92. The number of guanidine groups is 1. The highest BCUT2D eigenvalue weighted by Crippen LogP contribution is 2.11. The van der Waals surface area contributed by atoms with Crippen molar-refractivity contribution in [3.63, 3.8) is 0 Å². The number of hydrogen-bond donors (Lipinski definition) is 2. The molecule has 1 atom stereocenters. The SMILES string of the molecule is CCCCC(CC)CNC(=NC)NCc1ccnc(-n2cccn2)c1.I. The second kappa shape index (κ2) is 12.7. The Hall–Kier alpha value is -1.64. The van der Waals surface area contributed by atoms with Crippen LogP contribution in [0.1, 0.15) is 45.1 Å². The molecule has 0 saturated heterocycles. The molecular formula is C19H31IN6. The molecule has 7 heteroatoms. The summed E-state index contributed by atoms with van der Waals surface area (Å²) < 4.78 is 1.76. The van der Waals surface area contributed by atoms with Gasteiger partial charge in [0.2, 0.25) is 0 Å². The molecule has 0 aromatic carbocycles. The molecule has 2 aromatic rings. The van der Waals surface area contributed by atoms with E-state index in [0.29, 0.717) is 12.5 Å². The van der Waals surface area contributed by atoms with Gasteiger partial charge in [-0.3, -0.25) is 4.99 Å². The van der Waals surface area contributed by atoms with E-state index in [4.69, 9.17) is 0 Å². The number of unbranched alkanes of at least 4 members (excludes halogenated alkanes) is 1. The largest absolute Gasteiger partial charge is 0.356 e. The third kappa shape index (κ3) is 7.31. The Labute approximate surface area is 173 Å². The Balaban J connectivity index is 0.00000338. The van der Waals surface area contributed by atoms with Crippen LogP contribution in [0.15, 0.2) is 41.8 Å². The average Bonchev–Trinajstić information content (AvgIpc) is 3.19. The molecule has 0 radical (unpaired) electrons. The summed E-state index contributed by atoms with van der Waals surface area (Å²) in [5, 5.41) is 11.0. The highest BCUT2D eigenvalue weighted by Gasteiger charge is 2.07. The van der Waals surface area contributed by atoms with Crippen LogP contribution in [0.3, 0.4) is 0 Å². The molecule has 1 unspecified atom stereocenters. The number of hydrogen-bond acceptors (Lipinski definition) is 3. The molecular weight excluding hydrogens is 439 g/mol. The Morgan fingerprint density at radius 2 is 2.12 bits per heavy atom. The van der Waals surface area contributed by atoms with Crippen molar-refractivity contribution in [2.45, 2.75) is 46.1 Å². The Bertz CT molecular complexity index is 641. The first-order valence-corrected chi connectivity index (χ1v) is 9.16. The van der Waals surface area contributed by atoms with Gasteiger partial charge in [-0.1, -0.05) is 33.1 Å². The van der Waals surface area contributed by atoms with Gasteiger partial charge in [0.25, 0.3) is 0 Å². The van der Waals surface area contributed by atoms with E-state index < -0.39 is 0 Å². The molecule has 144 valence electrons. The number of aromatic nitrogens is 3. The predicted octanol–water partition coefficient (Wildman–Crippen LogP) is 3.77. The monoisotopic (exact) mass is 470 g/mol. The number of aliphatic imine (C=N–C) groups is 1. The summed E-state index contributed by atoms with van der Waals surface area (Å²) in [5.41, 5.74) is 1.14. The van der Waals surface area contributed by atoms with Crippen LogP contribution in [0.2, 0.25) is 0 Å². The van der Waals surface area contributed by atoms with E-state index in [-0.39, 0.29) is 24.0 Å². The average molecular weight is 470 g/mol. The minimum absolute atomic E-state index is 0. The van der Waals surface area contributed by atoms with Crippen LogP contribution >= 0.6 is 24.0 Å². The summed E-state index contributed by atoms with van der Waals surface area (Å²) in [6.45, 7) is 6.16. The molecule has 0 amide bonds. The minimum Gasteiger partial charge on any atom is -0.356 e. The minimum atomic E-state index is 0. The van der Waals surface area contributed by atoms with Crippen LogP contribution in [-0.4, -0.2) is 34.3 Å². The van der Waals surface area contributed by atoms with Crippen molar-refractivity contribution in [2.24, 2.45) is 10.9 Å². The van der Waals surface area contributed by atoms with Gasteiger partial charge in [-0.15, -0.1) is 24.0 Å². The first-order valence-electron chi connectivity index (χ1n) is 9.16. The van der Waals surface area contributed by atoms with E-state index >= 15 is 0 Å². The van der Waals surface area contributed by atoms with E-state index in [1.165, 1.54) is 25.7 Å². The Morgan fingerprint density at radius 3 is 2.77 bits per heavy atom. The summed E-state index contributed by atoms with van der Waals surface area (Å²) in [5.74, 6) is 2.36. The molecule has 0 aliphatic rings. The molecule has 0 aliphatic carbocycles. The second-order valence-corrected chi connectivity index (χ2v) is 6.20. The van der Waals surface area contributed by atoms with Gasteiger partial charge in [-0.2, -0.15) is 5.10 Å². The summed E-state index contributed by atoms with van der Waals surface area (Å²) in [6.07, 6.45) is 10.5. The van der Waals surface area contributed by atoms with Crippen LogP contribution in [0.5, 0.6) is 0 Å². The van der Waals surface area contributed by atoms with Gasteiger partial charge in [0, 0.05) is 38.7 Å². The first kappa shape index (κ1) is 22.4. The van der Waals surface area contributed by atoms with E-state index in [2.05, 4.69) is 39.6 Å². The highest BCUT2D eigenvalue weighted by atomic mass is 127. The smallest absolute Gasteiger partial charge is 0.191 e. The molecule has 2 rings (SSSR count). The number of rotatable bonds is 9. The molecule has 0 fully saturated rings. The molecule has 0 saturated carbocycles. The zero-order valence-electron chi connectivity index (χ0n) is 16.0. The fourth-order valence-corrected chi connectivity index (χ4v) is 2.69. The van der Waals surface area contributed by atoms with E-state index in [0.717, 1.165) is 23.9 Å². The van der Waals surface area contributed by atoms with Gasteiger partial charge in [-0.05, 0) is 36.1 Å². The van der Waals surface area contributed by atoms with E-state index in [9.17, 15) is 0 Å². The molecule has 2 aromatic heterocycles. The lowest BCUT2D eigenvalue weighted by Gasteiger charge is -2.18. The normalized spacial score (nSPS) is 12.3. The Morgan fingerprint density at radius 1 is 1.27 bits per heavy atom. The Kier molecular flexibility index (Phi) is 10.9. The van der Waals surface area contributed by atoms with Gasteiger partial charge >= 0.3 is 0 Å². The van der Waals surface area contributed by atoms with Crippen LogP contribution in [0, 0.1) is 5.92 Å². The maximum atomic E-state index is 4.36. The highest BCUT2D eigenvalue weighted by molar-refractivity contribution is 14.0. The van der Waals surface area contributed by atoms with Crippen molar-refractivity contribution in [3.8, 4) is 5.82 Å². The quantitative estimate of drug-likeness (QED) is 0.333. The standard InChI is InChI=1S/C19H30N6.HI/c1-4-6-8-16(5-2)14-22-19(20-3)23-15-17-9-11-21-18(13-17)25-12-7-10-24-25;/h7,9-13,16H,4-6,8,14-15H2,1-3H3,(H2,20,22,23);1H. The summed E-state index contributed by atoms with van der Waals surface area (Å²) in [7, 11) is 1.81. The summed E-state index contributed by atoms with van der Waals surface area (Å²) in [4.78, 5) is 8.68. The van der Waals surface area contributed by atoms with Gasteiger partial charge < -0.3 is 10.6 Å². The van der Waals surface area contributed by atoms with E-state index in [1.807, 2.05) is 37.6 Å². The lowest BCUT2D eigenvalue weighted by molar-refractivity contribution is 0.443. The van der Waals surface area contributed by atoms with Crippen LogP contribution in [0.4, 0.5) is 0 Å². The third-order valence-electron chi connectivity index (χ3n) is 4.33. The number of nitrogens with one attached hydrogen (secondary N) is 2. The van der Waals surface area contributed by atoms with Crippen LogP contribution in [0.25, 0.3) is 5.82 Å². The predicted molar refractivity (Wildman–Crippen MR) is 118 cm³/mol. The van der Waals surface area contributed by atoms with Crippen molar-refractivity contribution < 1.29 is 0 Å². The van der Waals surface area contributed by atoms with Crippen molar-refractivity contribution in [1.29, 1.82) is 0 Å². The zero-order valence-corrected chi connectivity index (χ0v) is 18.3. The van der Waals surface area contributed by atoms with Crippen molar-refractivity contribution >= 4 is 29.9 Å². The van der Waals surface area contributed by atoms with Gasteiger partial charge in [0.05, 0.1) is 0 Å². The lowest BCUT2D eigenvalue weighted by Crippen LogP contribution is -2.39. The third-order valence-corrected chi connectivity index (χ3v) is 4.33. The maximum absolute atomic E-state index is 4.36. The molecule has 2 N–H and O–H groups in total. The van der Waals surface area contributed by atoms with E-state index in [1.54, 1.807) is 10.9 Å². The van der Waals surface area contributed by atoms with Crippen molar-refractivity contribution in [1.82, 2.24) is 25.4 Å². The van der Waals surface area contributed by atoms with Crippen LogP contribution in [-0.2, 0) is 6.54 Å². The van der Waals surface area contributed by atoms with Crippen LogP contribution < -0.4 is 10.6 Å². The van der Waals surface area contributed by atoms with Gasteiger partial charge in [-0.25, -0.2) is 9.67 Å². The zero-order chi connectivity index (χ0) is 17.9. The van der Waals surface area contributed by atoms with Gasteiger partial charge in [0.15, 0.2) is 11.8 Å². The topological polar surface area (TPSA) is 67.1 Å². The fraction of sp³-hybridized carbons (Fsp3) is 0.526. The second-order valence-electron chi connectivity index (χ2n) is 6.20. The summed E-state index contributed by atoms with van der Waals surface area (Å²) >= 11 is 0. The molecule has 2 heterocycles. The molecule has 0 spiro atoms. The number of halogens is 1. The molecule has 6 nitrogen and oxygen atoms in total. The molecule has 0 aliphatic heterocycles. The van der Waals surface area contributed by atoms with Crippen molar-refractivity contribution in [2.75, 3.05) is 13.6 Å². The first-order chi connectivity index (χ1) is 12.3. The van der Waals surface area contributed by atoms with Gasteiger partial charge in [0.1, 0.15) is 0 Å². The number of pyridine rings is 1. The maximum Gasteiger partial charge on any atom is 0.191 e. The fourth-order valence-electron chi connectivity index (χ4n) is 2.69. The molecule has 0 bridgehead atoms.